The van der Waals surface area contributed by atoms with E-state index in [0.29, 0.717) is 12.1 Å². The molecule has 0 spiro atoms. The van der Waals surface area contributed by atoms with Crippen molar-refractivity contribution in [2.45, 2.75) is 16.0 Å². The molecule has 1 aliphatic rings. The van der Waals surface area contributed by atoms with Crippen LogP contribution in [-0.2, 0) is 26.2 Å². The molecule has 1 aliphatic heterocycles. The molecule has 0 radical (unpaired) electrons. The average molecular weight is 406 g/mol. The minimum absolute atomic E-state index is 0.226. The van der Waals surface area contributed by atoms with Crippen LogP contribution in [0.4, 0.5) is 18.9 Å². The number of nitrogens with zero attached hydrogens (tertiary/aromatic N) is 2. The van der Waals surface area contributed by atoms with E-state index in [0.717, 1.165) is 0 Å². The number of hydrogen-bond acceptors (Lipinski definition) is 6. The standard InChI is InChI=1S/C13H9F3N4O4S2/c14-13(15,16)8-5-9-11(6-10(8)25(17,21)22)26(23,24)20-12(19-9)7-1-3-18-4-2-7/h1-6H,(H,19,20)(H2,17,21,22). The summed E-state index contributed by atoms with van der Waals surface area (Å²) in [5.41, 5.74) is -1.79. The lowest BCUT2D eigenvalue weighted by molar-refractivity contribution is -0.139. The Kier molecular flexibility index (Phi) is 4.05. The van der Waals surface area contributed by atoms with Crippen molar-refractivity contribution < 1.29 is 30.0 Å². The van der Waals surface area contributed by atoms with E-state index in [1.54, 1.807) is 0 Å². The second-order valence-corrected chi connectivity index (χ2v) is 8.27. The molecule has 0 atom stereocenters. The first-order valence-electron chi connectivity index (χ1n) is 6.70. The zero-order valence-electron chi connectivity index (χ0n) is 12.5. The number of anilines is 1. The molecule has 138 valence electrons. The number of halogens is 3. The van der Waals surface area contributed by atoms with Crippen molar-refractivity contribution in [3.05, 3.63) is 47.8 Å². The maximum absolute atomic E-state index is 13.2. The maximum Gasteiger partial charge on any atom is 0.417 e. The van der Waals surface area contributed by atoms with E-state index in [1.807, 2.05) is 0 Å². The van der Waals surface area contributed by atoms with Gasteiger partial charge in [0.25, 0.3) is 10.0 Å². The highest BCUT2D eigenvalue weighted by Crippen LogP contribution is 2.40. The van der Waals surface area contributed by atoms with Crippen LogP contribution in [0, 0.1) is 0 Å². The second-order valence-electron chi connectivity index (χ2n) is 5.16. The van der Waals surface area contributed by atoms with Crippen molar-refractivity contribution in [2.24, 2.45) is 9.54 Å². The van der Waals surface area contributed by atoms with Crippen molar-refractivity contribution in [2.75, 3.05) is 5.32 Å². The smallest absolute Gasteiger partial charge is 0.338 e. The van der Waals surface area contributed by atoms with Gasteiger partial charge >= 0.3 is 6.18 Å². The number of sulfonamides is 2. The van der Waals surface area contributed by atoms with E-state index in [-0.39, 0.29) is 11.4 Å². The summed E-state index contributed by atoms with van der Waals surface area (Å²) < 4.78 is 90.8. The minimum atomic E-state index is -5.08. The number of pyridine rings is 1. The molecule has 0 fully saturated rings. The van der Waals surface area contributed by atoms with E-state index in [9.17, 15) is 30.0 Å². The number of amidine groups is 1. The quantitative estimate of drug-likeness (QED) is 0.773. The summed E-state index contributed by atoms with van der Waals surface area (Å²) >= 11 is 0. The Hall–Kier alpha value is -2.51. The van der Waals surface area contributed by atoms with Gasteiger partial charge in [-0.05, 0) is 24.3 Å². The number of primary sulfonamides is 1. The summed E-state index contributed by atoms with van der Waals surface area (Å²) in [4.78, 5) is 1.66. The van der Waals surface area contributed by atoms with Crippen LogP contribution in [0.15, 0.2) is 50.8 Å². The van der Waals surface area contributed by atoms with Gasteiger partial charge in [-0.2, -0.15) is 21.6 Å². The molecular formula is C13H9F3N4O4S2. The molecule has 1 aromatic carbocycles. The van der Waals surface area contributed by atoms with E-state index < -0.39 is 47.3 Å². The Morgan fingerprint density at radius 3 is 2.27 bits per heavy atom. The number of hydrogen-bond donors (Lipinski definition) is 2. The van der Waals surface area contributed by atoms with Crippen LogP contribution in [0.2, 0.25) is 0 Å². The average Bonchev–Trinajstić information content (AvgIpc) is 2.52. The van der Waals surface area contributed by atoms with Gasteiger partial charge in [-0.1, -0.05) is 0 Å². The number of alkyl halides is 3. The second kappa shape index (κ2) is 5.75. The number of nitrogens with one attached hydrogen (secondary N) is 1. The fourth-order valence-corrected chi connectivity index (χ4v) is 4.27. The van der Waals surface area contributed by atoms with E-state index >= 15 is 0 Å². The number of nitrogens with two attached hydrogens (primary N) is 1. The number of benzene rings is 1. The highest BCUT2D eigenvalue weighted by Gasteiger charge is 2.39. The van der Waals surface area contributed by atoms with E-state index in [1.165, 1.54) is 24.5 Å². The number of aromatic nitrogens is 1. The molecule has 3 N–H and O–H groups in total. The summed E-state index contributed by atoms with van der Waals surface area (Å²) in [7, 11) is -9.30. The van der Waals surface area contributed by atoms with Crippen molar-refractivity contribution in [3.8, 4) is 0 Å². The molecule has 13 heteroatoms. The molecule has 26 heavy (non-hydrogen) atoms. The first-order valence-corrected chi connectivity index (χ1v) is 9.69. The number of fused-ring (bicyclic) bond motifs is 1. The van der Waals surface area contributed by atoms with Crippen LogP contribution >= 0.6 is 0 Å². The predicted molar refractivity (Wildman–Crippen MR) is 84.4 cm³/mol. The summed E-state index contributed by atoms with van der Waals surface area (Å²) in [5.74, 6) is -0.226. The Morgan fingerprint density at radius 2 is 1.73 bits per heavy atom. The molecule has 0 saturated carbocycles. The molecule has 2 aromatic rings. The van der Waals surface area contributed by atoms with Gasteiger partial charge in [-0.15, -0.1) is 4.40 Å². The molecule has 0 bridgehead atoms. The van der Waals surface area contributed by atoms with Crippen molar-refractivity contribution in [3.63, 3.8) is 0 Å². The molecule has 0 saturated heterocycles. The monoisotopic (exact) mass is 406 g/mol. The molecule has 2 heterocycles. The Balaban J connectivity index is 2.28. The minimum Gasteiger partial charge on any atom is -0.338 e. The molecular weight excluding hydrogens is 397 g/mol. The van der Waals surface area contributed by atoms with Crippen LogP contribution in [-0.4, -0.2) is 27.7 Å². The van der Waals surface area contributed by atoms with Gasteiger partial charge in [-0.25, -0.2) is 13.6 Å². The third kappa shape index (κ3) is 3.27. The summed E-state index contributed by atoms with van der Waals surface area (Å²) in [6.07, 6.45) is -2.40. The van der Waals surface area contributed by atoms with Gasteiger partial charge in [0.05, 0.1) is 16.1 Å². The van der Waals surface area contributed by atoms with Crippen LogP contribution in [0.5, 0.6) is 0 Å². The molecule has 8 nitrogen and oxygen atoms in total. The zero-order chi connectivity index (χ0) is 19.3. The highest BCUT2D eigenvalue weighted by molar-refractivity contribution is 7.91. The Labute approximate surface area is 145 Å². The fourth-order valence-electron chi connectivity index (χ4n) is 2.28. The lowest BCUT2D eigenvalue weighted by atomic mass is 10.1. The summed E-state index contributed by atoms with van der Waals surface area (Å²) in [5, 5.41) is 7.28. The molecule has 0 amide bonds. The van der Waals surface area contributed by atoms with Gasteiger partial charge in [-0.3, -0.25) is 4.98 Å². The molecule has 1 aromatic heterocycles. The maximum atomic E-state index is 13.2. The van der Waals surface area contributed by atoms with Crippen molar-refractivity contribution in [1.82, 2.24) is 4.98 Å². The Morgan fingerprint density at radius 1 is 1.12 bits per heavy atom. The predicted octanol–water partition coefficient (Wildman–Crippen LogP) is 1.31. The third-order valence-corrected chi connectivity index (χ3v) is 5.66. The third-order valence-electron chi connectivity index (χ3n) is 3.39. The van der Waals surface area contributed by atoms with Gasteiger partial charge in [0.2, 0.25) is 10.0 Å². The molecule has 0 aliphatic carbocycles. The van der Waals surface area contributed by atoms with Gasteiger partial charge in [0, 0.05) is 18.0 Å². The van der Waals surface area contributed by atoms with Gasteiger partial charge < -0.3 is 5.32 Å². The van der Waals surface area contributed by atoms with E-state index in [4.69, 9.17) is 5.14 Å². The zero-order valence-corrected chi connectivity index (χ0v) is 14.2. The lowest BCUT2D eigenvalue weighted by Gasteiger charge is -2.21. The van der Waals surface area contributed by atoms with Crippen LogP contribution in [0.1, 0.15) is 11.1 Å². The molecule has 0 unspecified atom stereocenters. The Bertz CT molecular complexity index is 1130. The van der Waals surface area contributed by atoms with Crippen molar-refractivity contribution in [1.29, 1.82) is 0 Å². The van der Waals surface area contributed by atoms with Crippen LogP contribution in [0.3, 0.4) is 0 Å². The SMILES string of the molecule is NS(=O)(=O)c1cc2c(cc1C(F)(F)F)NC(c1ccncc1)=NS2(=O)=O. The summed E-state index contributed by atoms with van der Waals surface area (Å²) in [6, 6.07) is 3.52. The first-order chi connectivity index (χ1) is 11.9. The number of rotatable bonds is 2. The van der Waals surface area contributed by atoms with Crippen LogP contribution < -0.4 is 10.5 Å². The fraction of sp³-hybridized carbons (Fsp3) is 0.0769. The van der Waals surface area contributed by atoms with Crippen molar-refractivity contribution >= 4 is 31.6 Å². The summed E-state index contributed by atoms with van der Waals surface area (Å²) in [6.45, 7) is 0. The van der Waals surface area contributed by atoms with Gasteiger partial charge in [0.1, 0.15) is 4.90 Å². The first kappa shape index (κ1) is 18.3. The highest BCUT2D eigenvalue weighted by atomic mass is 32.2. The van der Waals surface area contributed by atoms with Gasteiger partial charge in [0.15, 0.2) is 5.84 Å². The molecule has 3 rings (SSSR count). The normalized spacial score (nSPS) is 16.4. The van der Waals surface area contributed by atoms with E-state index in [2.05, 4.69) is 14.7 Å². The topological polar surface area (TPSA) is 132 Å². The van der Waals surface area contributed by atoms with Crippen LogP contribution in [0.25, 0.3) is 0 Å². The largest absolute Gasteiger partial charge is 0.417 e. The lowest BCUT2D eigenvalue weighted by Crippen LogP contribution is -2.25.